The van der Waals surface area contributed by atoms with Gasteiger partial charge in [0, 0.05) is 10.2 Å². The van der Waals surface area contributed by atoms with E-state index in [4.69, 9.17) is 4.74 Å². The molecule has 4 nitrogen and oxygen atoms in total. The molecule has 0 aliphatic carbocycles. The highest BCUT2D eigenvalue weighted by atomic mass is 79.9. The van der Waals surface area contributed by atoms with Crippen LogP contribution in [-0.4, -0.2) is 23.1 Å². The summed E-state index contributed by atoms with van der Waals surface area (Å²) in [7, 11) is 0. The molecule has 0 atom stereocenters. The summed E-state index contributed by atoms with van der Waals surface area (Å²) in [6, 6.07) is 8.14. The molecule has 0 bridgehead atoms. The molecule has 19 heavy (non-hydrogen) atoms. The predicted octanol–water partition coefficient (Wildman–Crippen LogP) is 2.95. The molecule has 0 unspecified atom stereocenters. The molecule has 1 aromatic heterocycles. The number of nitrogens with zero attached hydrogens (tertiary/aromatic N) is 3. The average molecular weight is 320 g/mol. The Hall–Kier alpha value is -1.62. The van der Waals surface area contributed by atoms with Gasteiger partial charge >= 0.3 is 0 Å². The van der Waals surface area contributed by atoms with Crippen LogP contribution in [0.1, 0.15) is 11.4 Å². The van der Waals surface area contributed by atoms with E-state index < -0.39 is 0 Å². The van der Waals surface area contributed by atoms with E-state index in [1.54, 1.807) is 6.33 Å². The molecule has 3 rings (SSSR count). The summed E-state index contributed by atoms with van der Waals surface area (Å²) >= 11 is 3.47. The number of fused-ring (bicyclic) bond motifs is 1. The Balaban J connectivity index is 1.87. The first-order valence-electron chi connectivity index (χ1n) is 6.17. The summed E-state index contributed by atoms with van der Waals surface area (Å²) in [5.41, 5.74) is 3.14. The predicted molar refractivity (Wildman–Crippen MR) is 77.5 cm³/mol. The minimum absolute atomic E-state index is 0.702. The Labute approximate surface area is 120 Å². The molecule has 98 valence electrons. The molecular weight excluding hydrogens is 306 g/mol. The number of aromatic nitrogens is 2. The van der Waals surface area contributed by atoms with E-state index in [9.17, 15) is 0 Å². The zero-order valence-electron chi connectivity index (χ0n) is 10.6. The number of halogens is 1. The summed E-state index contributed by atoms with van der Waals surface area (Å²) in [6.07, 6.45) is 1.62. The molecule has 0 spiro atoms. The van der Waals surface area contributed by atoms with Gasteiger partial charge in [0.1, 0.15) is 18.7 Å². The summed E-state index contributed by atoms with van der Waals surface area (Å²) < 4.78 is 6.72. The molecule has 1 aliphatic heterocycles. The van der Waals surface area contributed by atoms with Gasteiger partial charge in [-0.2, -0.15) is 0 Å². The van der Waals surface area contributed by atoms with Crippen LogP contribution in [-0.2, 0) is 6.54 Å². The Kier molecular flexibility index (Phi) is 3.38. The van der Waals surface area contributed by atoms with Crippen molar-refractivity contribution >= 4 is 21.6 Å². The van der Waals surface area contributed by atoms with E-state index in [2.05, 4.69) is 36.9 Å². The number of benzene rings is 1. The molecule has 0 fully saturated rings. The topological polar surface area (TPSA) is 38.2 Å². The molecule has 1 aromatic carbocycles. The Morgan fingerprint density at radius 3 is 3.05 bits per heavy atom. The van der Waals surface area contributed by atoms with Gasteiger partial charge in [0.05, 0.1) is 24.5 Å². The maximum absolute atomic E-state index is 5.69. The van der Waals surface area contributed by atoms with Crippen molar-refractivity contribution in [1.29, 1.82) is 0 Å². The van der Waals surface area contributed by atoms with Crippen LogP contribution in [0.3, 0.4) is 0 Å². The van der Waals surface area contributed by atoms with Crippen LogP contribution in [0.4, 0.5) is 5.69 Å². The minimum Gasteiger partial charge on any atom is -0.490 e. The number of anilines is 1. The van der Waals surface area contributed by atoms with Gasteiger partial charge in [0.25, 0.3) is 0 Å². The molecule has 0 radical (unpaired) electrons. The lowest BCUT2D eigenvalue weighted by Gasteiger charge is -2.31. The molecular formula is C14H14BrN3O. The smallest absolute Gasteiger partial charge is 0.143 e. The third-order valence-corrected chi connectivity index (χ3v) is 3.59. The van der Waals surface area contributed by atoms with Crippen LogP contribution in [0.5, 0.6) is 5.75 Å². The summed E-state index contributed by atoms with van der Waals surface area (Å²) in [5, 5.41) is 0. The molecule has 2 aromatic rings. The monoisotopic (exact) mass is 319 g/mol. The third-order valence-electron chi connectivity index (χ3n) is 3.09. The van der Waals surface area contributed by atoms with Crippen LogP contribution >= 0.6 is 15.9 Å². The average Bonchev–Trinajstić information content (AvgIpc) is 2.38. The zero-order valence-corrected chi connectivity index (χ0v) is 12.2. The Morgan fingerprint density at radius 1 is 1.32 bits per heavy atom. The van der Waals surface area contributed by atoms with E-state index in [0.29, 0.717) is 6.61 Å². The fourth-order valence-corrected chi connectivity index (χ4v) is 2.55. The second-order valence-corrected chi connectivity index (χ2v) is 5.45. The fraction of sp³-hybridized carbons (Fsp3) is 0.286. The van der Waals surface area contributed by atoms with E-state index in [0.717, 1.165) is 40.4 Å². The van der Waals surface area contributed by atoms with E-state index in [1.807, 2.05) is 25.1 Å². The largest absolute Gasteiger partial charge is 0.490 e. The van der Waals surface area contributed by atoms with Gasteiger partial charge in [-0.1, -0.05) is 15.9 Å². The quantitative estimate of drug-likeness (QED) is 0.853. The van der Waals surface area contributed by atoms with Crippen molar-refractivity contribution in [2.45, 2.75) is 13.5 Å². The van der Waals surface area contributed by atoms with Crippen molar-refractivity contribution in [3.05, 3.63) is 46.5 Å². The SMILES string of the molecule is Cc1cc(CN2CCOc3cc(Br)ccc32)ncn1. The summed E-state index contributed by atoms with van der Waals surface area (Å²) in [5.74, 6) is 0.923. The first-order chi connectivity index (χ1) is 9.22. The van der Waals surface area contributed by atoms with Crippen molar-refractivity contribution in [3.63, 3.8) is 0 Å². The molecule has 0 N–H and O–H groups in total. The minimum atomic E-state index is 0.702. The van der Waals surface area contributed by atoms with E-state index >= 15 is 0 Å². The molecule has 0 saturated heterocycles. The van der Waals surface area contributed by atoms with Gasteiger partial charge in [-0.05, 0) is 31.2 Å². The molecule has 2 heterocycles. The van der Waals surface area contributed by atoms with Gasteiger partial charge in [-0.3, -0.25) is 0 Å². The lowest BCUT2D eigenvalue weighted by Crippen LogP contribution is -2.32. The normalized spacial score (nSPS) is 13.9. The lowest BCUT2D eigenvalue weighted by molar-refractivity contribution is 0.306. The fourth-order valence-electron chi connectivity index (χ4n) is 2.21. The van der Waals surface area contributed by atoms with E-state index in [-0.39, 0.29) is 0 Å². The van der Waals surface area contributed by atoms with Crippen LogP contribution in [0.15, 0.2) is 35.1 Å². The standard InChI is InChI=1S/C14H14BrN3O/c1-10-6-12(17-9-16-10)8-18-4-5-19-14-7-11(15)2-3-13(14)18/h2-3,6-7,9H,4-5,8H2,1H3. The first kappa shape index (κ1) is 12.4. The van der Waals surface area contributed by atoms with Crippen molar-refractivity contribution in [3.8, 4) is 5.75 Å². The van der Waals surface area contributed by atoms with Gasteiger partial charge < -0.3 is 9.64 Å². The highest BCUT2D eigenvalue weighted by Gasteiger charge is 2.18. The highest BCUT2D eigenvalue weighted by molar-refractivity contribution is 9.10. The van der Waals surface area contributed by atoms with Crippen LogP contribution in [0.25, 0.3) is 0 Å². The lowest BCUT2D eigenvalue weighted by atomic mass is 10.2. The van der Waals surface area contributed by atoms with Crippen molar-refractivity contribution < 1.29 is 4.74 Å². The molecule has 1 aliphatic rings. The van der Waals surface area contributed by atoms with Gasteiger partial charge in [-0.15, -0.1) is 0 Å². The second kappa shape index (κ2) is 5.17. The molecule has 0 saturated carbocycles. The number of aryl methyl sites for hydroxylation is 1. The number of ether oxygens (including phenoxy) is 1. The van der Waals surface area contributed by atoms with Crippen molar-refractivity contribution in [2.24, 2.45) is 0 Å². The van der Waals surface area contributed by atoms with Crippen LogP contribution < -0.4 is 9.64 Å². The van der Waals surface area contributed by atoms with Crippen LogP contribution in [0.2, 0.25) is 0 Å². The second-order valence-electron chi connectivity index (χ2n) is 4.53. The van der Waals surface area contributed by atoms with Crippen LogP contribution in [0, 0.1) is 6.92 Å². The first-order valence-corrected chi connectivity index (χ1v) is 6.96. The molecule has 5 heteroatoms. The summed E-state index contributed by atoms with van der Waals surface area (Å²) in [4.78, 5) is 10.7. The van der Waals surface area contributed by atoms with Gasteiger partial charge in [0.2, 0.25) is 0 Å². The summed E-state index contributed by atoms with van der Waals surface area (Å²) in [6.45, 7) is 4.34. The highest BCUT2D eigenvalue weighted by Crippen LogP contribution is 2.34. The van der Waals surface area contributed by atoms with Crippen molar-refractivity contribution in [1.82, 2.24) is 9.97 Å². The third kappa shape index (κ3) is 2.71. The van der Waals surface area contributed by atoms with Gasteiger partial charge in [0.15, 0.2) is 0 Å². The Morgan fingerprint density at radius 2 is 2.21 bits per heavy atom. The number of hydrogen-bond acceptors (Lipinski definition) is 4. The Bertz CT molecular complexity index is 603. The zero-order chi connectivity index (χ0) is 13.2. The van der Waals surface area contributed by atoms with Gasteiger partial charge in [-0.25, -0.2) is 9.97 Å². The van der Waals surface area contributed by atoms with Crippen molar-refractivity contribution in [2.75, 3.05) is 18.1 Å². The number of rotatable bonds is 2. The maximum Gasteiger partial charge on any atom is 0.143 e. The maximum atomic E-state index is 5.69. The van der Waals surface area contributed by atoms with E-state index in [1.165, 1.54) is 0 Å². The number of hydrogen-bond donors (Lipinski definition) is 0. The molecule has 0 amide bonds.